The van der Waals surface area contributed by atoms with Crippen molar-refractivity contribution in [1.82, 2.24) is 15.2 Å². The van der Waals surface area contributed by atoms with Crippen LogP contribution >= 0.6 is 0 Å². The van der Waals surface area contributed by atoms with Gasteiger partial charge < -0.3 is 24.4 Å². The van der Waals surface area contributed by atoms with Gasteiger partial charge in [-0.3, -0.25) is 9.59 Å². The molecule has 3 rings (SSSR count). The van der Waals surface area contributed by atoms with Crippen molar-refractivity contribution in [2.75, 3.05) is 40.0 Å². The Morgan fingerprint density at radius 2 is 1.84 bits per heavy atom. The summed E-state index contributed by atoms with van der Waals surface area (Å²) in [6.45, 7) is 2.32. The van der Waals surface area contributed by atoms with Crippen LogP contribution in [0.25, 0.3) is 0 Å². The van der Waals surface area contributed by atoms with Crippen molar-refractivity contribution in [3.63, 3.8) is 0 Å². The number of likely N-dealkylation sites (tertiary alicyclic amines) is 1. The monoisotopic (exact) mass is 427 g/mol. The Balaban J connectivity index is 1.41. The molecule has 1 aliphatic rings. The number of piperidine rings is 1. The molecule has 0 bridgehead atoms. The van der Waals surface area contributed by atoms with Crippen molar-refractivity contribution in [1.29, 1.82) is 0 Å². The van der Waals surface area contributed by atoms with Crippen LogP contribution in [0.3, 0.4) is 0 Å². The van der Waals surface area contributed by atoms with E-state index in [1.54, 1.807) is 18.2 Å². The fraction of sp³-hybridized carbons (Fsp3) is 0.435. The number of pyridine rings is 1. The topological polar surface area (TPSA) is 90.0 Å². The summed E-state index contributed by atoms with van der Waals surface area (Å²) in [5.41, 5.74) is 0.817. The van der Waals surface area contributed by atoms with Crippen LogP contribution in [-0.2, 0) is 20.9 Å². The lowest BCUT2D eigenvalue weighted by Crippen LogP contribution is -2.44. The molecule has 0 radical (unpaired) electrons. The van der Waals surface area contributed by atoms with Crippen LogP contribution in [0.1, 0.15) is 18.4 Å². The molecule has 2 amide bonds. The van der Waals surface area contributed by atoms with Crippen LogP contribution in [0.2, 0.25) is 0 Å². The second kappa shape index (κ2) is 11.9. The van der Waals surface area contributed by atoms with E-state index in [0.717, 1.165) is 5.56 Å². The zero-order valence-corrected chi connectivity index (χ0v) is 17.8. The van der Waals surface area contributed by atoms with E-state index < -0.39 is 0 Å². The van der Waals surface area contributed by atoms with Gasteiger partial charge in [0.25, 0.3) is 5.91 Å². The van der Waals surface area contributed by atoms with E-state index in [2.05, 4.69) is 10.3 Å². The molecule has 0 saturated carbocycles. The van der Waals surface area contributed by atoms with Crippen molar-refractivity contribution in [3.8, 4) is 11.6 Å². The molecule has 166 valence electrons. The Bertz CT molecular complexity index is 838. The van der Waals surface area contributed by atoms with Crippen molar-refractivity contribution >= 4 is 11.8 Å². The lowest BCUT2D eigenvalue weighted by molar-refractivity contribution is -0.137. The summed E-state index contributed by atoms with van der Waals surface area (Å²) in [5.74, 6) is 0.980. The largest absolute Gasteiger partial charge is 0.484 e. The molecular weight excluding hydrogens is 398 g/mol. The number of carbonyl (C=O) groups excluding carboxylic acids is 2. The maximum absolute atomic E-state index is 12.6. The van der Waals surface area contributed by atoms with E-state index in [9.17, 15) is 9.59 Å². The second-order valence-corrected chi connectivity index (χ2v) is 7.28. The first-order valence-corrected chi connectivity index (χ1v) is 10.5. The molecule has 1 fully saturated rings. The zero-order chi connectivity index (χ0) is 21.9. The third-order valence-corrected chi connectivity index (χ3v) is 5.15. The Hall–Kier alpha value is -3.13. The molecule has 0 unspecified atom stereocenters. The fourth-order valence-corrected chi connectivity index (χ4v) is 3.38. The molecule has 8 nitrogen and oxygen atoms in total. The number of amides is 2. The number of benzene rings is 1. The summed E-state index contributed by atoms with van der Waals surface area (Å²) in [4.78, 5) is 31.0. The van der Waals surface area contributed by atoms with Gasteiger partial charge in [-0.1, -0.05) is 24.3 Å². The predicted molar refractivity (Wildman–Crippen MR) is 115 cm³/mol. The lowest BCUT2D eigenvalue weighted by Gasteiger charge is -2.31. The van der Waals surface area contributed by atoms with E-state index in [0.29, 0.717) is 57.3 Å². The number of methoxy groups -OCH3 is 1. The standard InChI is InChI=1S/C23H29N3O5/c1-29-14-15-30-23-19(6-5-11-24-23)16-25-22(28)18-9-12-26(13-10-18)21(27)17-31-20-7-3-2-4-8-20/h2-8,11,18H,9-10,12-17H2,1H3,(H,25,28). The average molecular weight is 428 g/mol. The van der Waals surface area contributed by atoms with Crippen molar-refractivity contribution in [3.05, 3.63) is 54.2 Å². The number of hydrogen-bond acceptors (Lipinski definition) is 6. The number of nitrogens with zero attached hydrogens (tertiary/aromatic N) is 2. The molecule has 0 atom stereocenters. The lowest BCUT2D eigenvalue weighted by atomic mass is 9.96. The molecule has 1 saturated heterocycles. The van der Waals surface area contributed by atoms with Gasteiger partial charge in [0, 0.05) is 44.4 Å². The van der Waals surface area contributed by atoms with Crippen molar-refractivity contribution in [2.45, 2.75) is 19.4 Å². The number of rotatable bonds is 10. The highest BCUT2D eigenvalue weighted by atomic mass is 16.5. The molecule has 1 aromatic carbocycles. The van der Waals surface area contributed by atoms with Crippen LogP contribution in [0, 0.1) is 5.92 Å². The van der Waals surface area contributed by atoms with Gasteiger partial charge in [-0.2, -0.15) is 0 Å². The third-order valence-electron chi connectivity index (χ3n) is 5.15. The highest BCUT2D eigenvalue weighted by Gasteiger charge is 2.27. The van der Waals surface area contributed by atoms with Crippen LogP contribution in [0.15, 0.2) is 48.7 Å². The van der Waals surface area contributed by atoms with E-state index in [1.165, 1.54) is 0 Å². The molecular formula is C23H29N3O5. The molecule has 2 heterocycles. The first-order chi connectivity index (χ1) is 15.2. The minimum atomic E-state index is -0.117. The van der Waals surface area contributed by atoms with Gasteiger partial charge in [-0.25, -0.2) is 4.98 Å². The van der Waals surface area contributed by atoms with E-state index in [-0.39, 0.29) is 24.3 Å². The summed E-state index contributed by atoms with van der Waals surface area (Å²) in [6, 6.07) is 13.0. The SMILES string of the molecule is COCCOc1ncccc1CNC(=O)C1CCN(C(=O)COc2ccccc2)CC1. The van der Waals surface area contributed by atoms with E-state index in [4.69, 9.17) is 14.2 Å². The van der Waals surface area contributed by atoms with E-state index >= 15 is 0 Å². The van der Waals surface area contributed by atoms with Gasteiger partial charge >= 0.3 is 0 Å². The van der Waals surface area contributed by atoms with Gasteiger partial charge in [-0.15, -0.1) is 0 Å². The molecule has 2 aromatic rings. The summed E-state index contributed by atoms with van der Waals surface area (Å²) in [7, 11) is 1.61. The minimum absolute atomic E-state index is 0.00767. The second-order valence-electron chi connectivity index (χ2n) is 7.28. The van der Waals surface area contributed by atoms with Crippen LogP contribution in [0.5, 0.6) is 11.6 Å². The maximum atomic E-state index is 12.6. The summed E-state index contributed by atoms with van der Waals surface area (Å²) in [6.07, 6.45) is 2.92. The molecule has 0 aliphatic carbocycles. The molecule has 8 heteroatoms. The number of ether oxygens (including phenoxy) is 3. The third kappa shape index (κ3) is 6.96. The normalized spacial score (nSPS) is 14.2. The van der Waals surface area contributed by atoms with Gasteiger partial charge in [0.2, 0.25) is 11.8 Å². The van der Waals surface area contributed by atoms with E-state index in [1.807, 2.05) is 42.5 Å². The van der Waals surface area contributed by atoms with Gasteiger partial charge in [0.05, 0.1) is 6.61 Å². The summed E-state index contributed by atoms with van der Waals surface area (Å²) >= 11 is 0. The quantitative estimate of drug-likeness (QED) is 0.584. The van der Waals surface area contributed by atoms with Crippen molar-refractivity contribution in [2.24, 2.45) is 5.92 Å². The van der Waals surface area contributed by atoms with Gasteiger partial charge in [-0.05, 0) is 31.0 Å². The molecule has 31 heavy (non-hydrogen) atoms. The molecule has 1 N–H and O–H groups in total. The highest BCUT2D eigenvalue weighted by Crippen LogP contribution is 2.19. The van der Waals surface area contributed by atoms with Crippen LogP contribution < -0.4 is 14.8 Å². The number of para-hydroxylation sites is 1. The van der Waals surface area contributed by atoms with Gasteiger partial charge in [0.1, 0.15) is 12.4 Å². The average Bonchev–Trinajstić information content (AvgIpc) is 2.82. The first kappa shape index (κ1) is 22.6. The maximum Gasteiger partial charge on any atom is 0.260 e. The molecule has 0 spiro atoms. The van der Waals surface area contributed by atoms with Gasteiger partial charge in [0.15, 0.2) is 6.61 Å². The Morgan fingerprint density at radius 1 is 1.06 bits per heavy atom. The Labute approximate surface area is 182 Å². The number of hydrogen-bond donors (Lipinski definition) is 1. The zero-order valence-electron chi connectivity index (χ0n) is 17.8. The smallest absolute Gasteiger partial charge is 0.260 e. The first-order valence-electron chi connectivity index (χ1n) is 10.5. The Kier molecular flexibility index (Phi) is 8.66. The predicted octanol–water partition coefficient (Wildman–Crippen LogP) is 2.04. The van der Waals surface area contributed by atoms with Crippen LogP contribution in [-0.4, -0.2) is 61.7 Å². The highest BCUT2D eigenvalue weighted by molar-refractivity contribution is 5.80. The van der Waals surface area contributed by atoms with Crippen molar-refractivity contribution < 1.29 is 23.8 Å². The number of aromatic nitrogens is 1. The number of nitrogens with one attached hydrogen (secondary N) is 1. The molecule has 1 aromatic heterocycles. The van der Waals surface area contributed by atoms with Crippen LogP contribution in [0.4, 0.5) is 0 Å². The minimum Gasteiger partial charge on any atom is -0.484 e. The summed E-state index contributed by atoms with van der Waals surface area (Å²) in [5, 5.41) is 2.97. The Morgan fingerprint density at radius 3 is 2.58 bits per heavy atom. The molecule has 1 aliphatic heterocycles. The summed E-state index contributed by atoms with van der Waals surface area (Å²) < 4.78 is 16.1. The number of carbonyl (C=O) groups is 2. The fourth-order valence-electron chi connectivity index (χ4n) is 3.38.